The first-order chi connectivity index (χ1) is 14.2. The maximum absolute atomic E-state index is 12.4. The molecule has 2 heterocycles. The van der Waals surface area contributed by atoms with E-state index in [0.717, 1.165) is 4.90 Å². The summed E-state index contributed by atoms with van der Waals surface area (Å²) in [6.45, 7) is 5.05. The van der Waals surface area contributed by atoms with Gasteiger partial charge < -0.3 is 9.64 Å². The summed E-state index contributed by atoms with van der Waals surface area (Å²) in [6, 6.07) is 3.58. The monoisotopic (exact) mass is 434 g/mol. The van der Waals surface area contributed by atoms with Crippen LogP contribution in [0.2, 0.25) is 0 Å². The molecule has 1 saturated heterocycles. The number of imide groups is 1. The number of sulfone groups is 1. The van der Waals surface area contributed by atoms with Crippen LogP contribution >= 0.6 is 0 Å². The van der Waals surface area contributed by atoms with Gasteiger partial charge in [0.25, 0.3) is 17.7 Å². The first-order valence-electron chi connectivity index (χ1n) is 9.46. The van der Waals surface area contributed by atoms with Gasteiger partial charge in [0, 0.05) is 19.1 Å². The Kier molecular flexibility index (Phi) is 6.06. The molecule has 30 heavy (non-hydrogen) atoms. The van der Waals surface area contributed by atoms with E-state index < -0.39 is 46.2 Å². The molecule has 9 nitrogen and oxygen atoms in total. The van der Waals surface area contributed by atoms with E-state index in [1.54, 1.807) is 6.92 Å². The number of nitrogens with zero attached hydrogens (tertiary/aromatic N) is 2. The van der Waals surface area contributed by atoms with Gasteiger partial charge in [-0.3, -0.25) is 19.3 Å². The summed E-state index contributed by atoms with van der Waals surface area (Å²) in [5, 5.41) is 0. The molecular formula is C20H22N2O7S. The lowest BCUT2D eigenvalue weighted by Crippen LogP contribution is -2.43. The van der Waals surface area contributed by atoms with Crippen LogP contribution in [0, 0.1) is 0 Å². The first-order valence-corrected chi connectivity index (χ1v) is 11.3. The highest BCUT2D eigenvalue weighted by Crippen LogP contribution is 2.24. The van der Waals surface area contributed by atoms with E-state index in [-0.39, 0.29) is 34.7 Å². The van der Waals surface area contributed by atoms with Crippen molar-refractivity contribution in [3.05, 3.63) is 47.5 Å². The van der Waals surface area contributed by atoms with Crippen LogP contribution in [0.5, 0.6) is 0 Å². The molecule has 0 radical (unpaired) electrons. The van der Waals surface area contributed by atoms with Gasteiger partial charge in [0.05, 0.1) is 28.2 Å². The van der Waals surface area contributed by atoms with Crippen molar-refractivity contribution in [3.63, 3.8) is 0 Å². The van der Waals surface area contributed by atoms with Crippen molar-refractivity contribution in [1.29, 1.82) is 0 Å². The number of benzene rings is 1. The largest absolute Gasteiger partial charge is 0.452 e. The molecule has 3 amide bonds. The maximum atomic E-state index is 12.4. The Labute approximate surface area is 174 Å². The molecule has 1 aromatic carbocycles. The molecule has 1 aromatic rings. The van der Waals surface area contributed by atoms with Gasteiger partial charge in [0.2, 0.25) is 0 Å². The first kappa shape index (κ1) is 21.7. The molecule has 2 aliphatic rings. The number of likely N-dealkylation sites (N-methyl/N-ethyl adjacent to an activating group) is 1. The predicted octanol–water partition coefficient (Wildman–Crippen LogP) is 0.661. The Balaban J connectivity index is 1.66. The van der Waals surface area contributed by atoms with Gasteiger partial charge in [-0.1, -0.05) is 6.08 Å². The number of fused-ring (bicyclic) bond motifs is 1. The molecule has 0 saturated carbocycles. The number of amides is 3. The van der Waals surface area contributed by atoms with Gasteiger partial charge >= 0.3 is 5.97 Å². The van der Waals surface area contributed by atoms with Crippen LogP contribution in [0.25, 0.3) is 0 Å². The minimum atomic E-state index is -3.15. The molecule has 0 bridgehead atoms. The highest BCUT2D eigenvalue weighted by atomic mass is 32.2. The Hall–Kier alpha value is -3.01. The third kappa shape index (κ3) is 4.13. The zero-order valence-electron chi connectivity index (χ0n) is 16.5. The third-order valence-corrected chi connectivity index (χ3v) is 6.91. The van der Waals surface area contributed by atoms with E-state index in [1.165, 1.54) is 29.2 Å². The molecule has 0 aromatic heterocycles. The SMILES string of the molecule is C=CCN1C(=O)c2ccc(C(=O)OCC(=O)N(CC)[C@@H]3CCS(=O)(=O)C3)cc2C1=O. The lowest BCUT2D eigenvalue weighted by Gasteiger charge is -2.26. The van der Waals surface area contributed by atoms with Crippen molar-refractivity contribution < 1.29 is 32.3 Å². The molecule has 160 valence electrons. The van der Waals surface area contributed by atoms with Crippen LogP contribution in [0.15, 0.2) is 30.9 Å². The van der Waals surface area contributed by atoms with E-state index in [9.17, 15) is 27.6 Å². The number of carbonyl (C=O) groups is 4. The van der Waals surface area contributed by atoms with Crippen molar-refractivity contribution in [2.45, 2.75) is 19.4 Å². The Morgan fingerprint density at radius 2 is 1.97 bits per heavy atom. The summed E-state index contributed by atoms with van der Waals surface area (Å²) in [4.78, 5) is 51.8. The number of ether oxygens (including phenoxy) is 1. The fourth-order valence-electron chi connectivity index (χ4n) is 3.67. The van der Waals surface area contributed by atoms with Crippen molar-refractivity contribution in [2.24, 2.45) is 0 Å². The number of hydrogen-bond donors (Lipinski definition) is 0. The normalized spacial score (nSPS) is 19.5. The van der Waals surface area contributed by atoms with E-state index >= 15 is 0 Å². The number of esters is 1. The van der Waals surface area contributed by atoms with Gasteiger partial charge in [0.15, 0.2) is 16.4 Å². The highest BCUT2D eigenvalue weighted by molar-refractivity contribution is 7.91. The van der Waals surface area contributed by atoms with E-state index in [4.69, 9.17) is 4.74 Å². The van der Waals surface area contributed by atoms with Crippen LogP contribution in [0.1, 0.15) is 44.4 Å². The Bertz CT molecular complexity index is 1030. The number of hydrogen-bond acceptors (Lipinski definition) is 7. The number of carbonyl (C=O) groups excluding carboxylic acids is 4. The Morgan fingerprint density at radius 3 is 2.57 bits per heavy atom. The molecule has 0 aliphatic carbocycles. The minimum absolute atomic E-state index is 0.0337. The lowest BCUT2D eigenvalue weighted by atomic mass is 10.1. The molecule has 10 heteroatoms. The second kappa shape index (κ2) is 8.39. The number of rotatable bonds is 7. The van der Waals surface area contributed by atoms with E-state index in [1.807, 2.05) is 0 Å². The van der Waals surface area contributed by atoms with Crippen LogP contribution < -0.4 is 0 Å². The average molecular weight is 434 g/mol. The van der Waals surface area contributed by atoms with Gasteiger partial charge in [0.1, 0.15) is 0 Å². The second-order valence-electron chi connectivity index (χ2n) is 7.08. The standard InChI is InChI=1S/C20H22N2O7S/c1-3-8-22-18(24)15-6-5-13(10-16(15)19(22)25)20(26)29-11-17(23)21(4-2)14-7-9-30(27,28)12-14/h3,5-6,10,14H,1,4,7-9,11-12H2,2H3/t14-/m1/s1. The molecule has 1 atom stereocenters. The van der Waals surface area contributed by atoms with Crippen molar-refractivity contribution >= 4 is 33.5 Å². The quantitative estimate of drug-likeness (QED) is 0.351. The zero-order chi connectivity index (χ0) is 22.1. The van der Waals surface area contributed by atoms with E-state index in [2.05, 4.69) is 6.58 Å². The van der Waals surface area contributed by atoms with Crippen molar-refractivity contribution in [3.8, 4) is 0 Å². The summed E-state index contributed by atoms with van der Waals surface area (Å²) in [5.41, 5.74) is 0.317. The zero-order valence-corrected chi connectivity index (χ0v) is 17.3. The topological polar surface area (TPSA) is 118 Å². The van der Waals surface area contributed by atoms with Crippen LogP contribution in [-0.4, -0.2) is 79.2 Å². The van der Waals surface area contributed by atoms with Crippen LogP contribution in [-0.2, 0) is 19.4 Å². The van der Waals surface area contributed by atoms with Crippen LogP contribution in [0.3, 0.4) is 0 Å². The van der Waals surface area contributed by atoms with Crippen molar-refractivity contribution in [2.75, 3.05) is 31.2 Å². The molecule has 2 aliphatic heterocycles. The van der Waals surface area contributed by atoms with Crippen LogP contribution in [0.4, 0.5) is 0 Å². The lowest BCUT2D eigenvalue weighted by molar-refractivity contribution is -0.136. The maximum Gasteiger partial charge on any atom is 0.338 e. The molecule has 0 unspecified atom stereocenters. The summed E-state index contributed by atoms with van der Waals surface area (Å²) < 4.78 is 28.4. The Morgan fingerprint density at radius 1 is 1.27 bits per heavy atom. The summed E-state index contributed by atoms with van der Waals surface area (Å²) >= 11 is 0. The molecule has 3 rings (SSSR count). The molecule has 1 fully saturated rings. The molecular weight excluding hydrogens is 412 g/mol. The second-order valence-corrected chi connectivity index (χ2v) is 9.31. The fraction of sp³-hybridized carbons (Fsp3) is 0.400. The fourth-order valence-corrected chi connectivity index (χ4v) is 5.40. The van der Waals surface area contributed by atoms with Gasteiger partial charge in [-0.15, -0.1) is 6.58 Å². The molecule has 0 spiro atoms. The van der Waals surface area contributed by atoms with Gasteiger partial charge in [-0.05, 0) is 31.5 Å². The average Bonchev–Trinajstić information content (AvgIpc) is 3.18. The van der Waals surface area contributed by atoms with Gasteiger partial charge in [-0.2, -0.15) is 0 Å². The minimum Gasteiger partial charge on any atom is -0.452 e. The summed E-state index contributed by atoms with van der Waals surface area (Å²) in [7, 11) is -3.15. The van der Waals surface area contributed by atoms with Crippen molar-refractivity contribution in [1.82, 2.24) is 9.80 Å². The highest BCUT2D eigenvalue weighted by Gasteiger charge is 2.36. The smallest absolute Gasteiger partial charge is 0.338 e. The third-order valence-electron chi connectivity index (χ3n) is 5.16. The van der Waals surface area contributed by atoms with E-state index in [0.29, 0.717) is 13.0 Å². The van der Waals surface area contributed by atoms with Gasteiger partial charge in [-0.25, -0.2) is 13.2 Å². The summed E-state index contributed by atoms with van der Waals surface area (Å²) in [6.07, 6.45) is 1.79. The molecule has 0 N–H and O–H groups in total. The summed E-state index contributed by atoms with van der Waals surface area (Å²) in [5.74, 6) is -2.36. The predicted molar refractivity (Wildman–Crippen MR) is 107 cm³/mol.